The number of sulfonamides is 1. The molecule has 0 spiro atoms. The third-order valence-electron chi connectivity index (χ3n) is 4.88. The van der Waals surface area contributed by atoms with Gasteiger partial charge in [-0.1, -0.05) is 54.6 Å². The summed E-state index contributed by atoms with van der Waals surface area (Å²) in [5.74, 6) is -0.288. The molecule has 0 aliphatic heterocycles. The molecule has 6 heteroatoms. The average Bonchev–Trinajstić information content (AvgIpc) is 2.74. The van der Waals surface area contributed by atoms with E-state index in [0.717, 1.165) is 18.4 Å². The van der Waals surface area contributed by atoms with Crippen LogP contribution >= 0.6 is 0 Å². The highest BCUT2D eigenvalue weighted by Gasteiger charge is 2.18. The second-order valence-corrected chi connectivity index (χ2v) is 9.03. The van der Waals surface area contributed by atoms with E-state index in [9.17, 15) is 13.2 Å². The number of benzene rings is 3. The van der Waals surface area contributed by atoms with Crippen LogP contribution in [0.2, 0.25) is 0 Å². The molecular formula is C24H26N2O3S. The highest BCUT2D eigenvalue weighted by Crippen LogP contribution is 2.20. The lowest BCUT2D eigenvalue weighted by Crippen LogP contribution is -2.33. The Kier molecular flexibility index (Phi) is 6.90. The van der Waals surface area contributed by atoms with E-state index in [0.29, 0.717) is 11.3 Å². The van der Waals surface area contributed by atoms with Gasteiger partial charge in [-0.2, -0.15) is 0 Å². The molecule has 0 saturated heterocycles. The summed E-state index contributed by atoms with van der Waals surface area (Å²) in [6.07, 6.45) is 1.65. The predicted octanol–water partition coefficient (Wildman–Crippen LogP) is 4.55. The topological polar surface area (TPSA) is 75.3 Å². The molecule has 5 nitrogen and oxygen atoms in total. The Morgan fingerprint density at radius 3 is 2.37 bits per heavy atom. The lowest BCUT2D eigenvalue weighted by molar-refractivity contribution is 0.0938. The number of hydrogen-bond acceptors (Lipinski definition) is 3. The molecule has 3 rings (SSSR count). The van der Waals surface area contributed by atoms with Crippen molar-refractivity contribution >= 4 is 21.6 Å². The van der Waals surface area contributed by atoms with Gasteiger partial charge in [-0.25, -0.2) is 8.42 Å². The van der Waals surface area contributed by atoms with Crippen LogP contribution in [-0.2, 0) is 16.4 Å². The molecule has 1 unspecified atom stereocenters. The molecular weight excluding hydrogens is 396 g/mol. The lowest BCUT2D eigenvalue weighted by Gasteiger charge is -2.15. The molecule has 2 N–H and O–H groups in total. The Morgan fingerprint density at radius 2 is 1.63 bits per heavy atom. The fourth-order valence-electron chi connectivity index (χ4n) is 3.10. The van der Waals surface area contributed by atoms with Crippen molar-refractivity contribution in [2.75, 3.05) is 4.72 Å². The third-order valence-corrected chi connectivity index (χ3v) is 6.25. The number of carbonyl (C=O) groups is 1. The summed E-state index contributed by atoms with van der Waals surface area (Å²) in [5.41, 5.74) is 2.87. The zero-order valence-corrected chi connectivity index (χ0v) is 17.9. The molecule has 0 aliphatic carbocycles. The summed E-state index contributed by atoms with van der Waals surface area (Å²) >= 11 is 0. The monoisotopic (exact) mass is 422 g/mol. The van der Waals surface area contributed by atoms with Crippen LogP contribution in [0.4, 0.5) is 5.69 Å². The molecule has 1 atom stereocenters. The average molecular weight is 423 g/mol. The van der Waals surface area contributed by atoms with E-state index in [-0.39, 0.29) is 16.8 Å². The van der Waals surface area contributed by atoms with Gasteiger partial charge in [0.2, 0.25) is 0 Å². The number of amides is 1. The quantitative estimate of drug-likeness (QED) is 0.559. The summed E-state index contributed by atoms with van der Waals surface area (Å²) in [6.45, 7) is 3.78. The first kappa shape index (κ1) is 21.6. The smallest absolute Gasteiger partial charge is 0.261 e. The zero-order chi connectivity index (χ0) is 21.6. The number of hydrogen-bond donors (Lipinski definition) is 2. The fraction of sp³-hybridized carbons (Fsp3) is 0.208. The predicted molar refractivity (Wildman–Crippen MR) is 120 cm³/mol. The number of para-hydroxylation sites is 1. The van der Waals surface area contributed by atoms with Crippen molar-refractivity contribution in [3.05, 3.63) is 95.6 Å². The Hall–Kier alpha value is -3.12. The van der Waals surface area contributed by atoms with E-state index in [2.05, 4.69) is 22.2 Å². The molecule has 0 heterocycles. The molecule has 156 valence electrons. The van der Waals surface area contributed by atoms with Crippen LogP contribution in [0, 0.1) is 6.92 Å². The number of anilines is 1. The summed E-state index contributed by atoms with van der Waals surface area (Å²) in [6, 6.07) is 23.3. The van der Waals surface area contributed by atoms with Gasteiger partial charge in [-0.3, -0.25) is 9.52 Å². The van der Waals surface area contributed by atoms with Crippen molar-refractivity contribution in [3.63, 3.8) is 0 Å². The second kappa shape index (κ2) is 9.59. The van der Waals surface area contributed by atoms with Gasteiger partial charge >= 0.3 is 0 Å². The normalized spacial score (nSPS) is 12.2. The van der Waals surface area contributed by atoms with E-state index in [1.54, 1.807) is 24.3 Å². The molecule has 1 amide bonds. The van der Waals surface area contributed by atoms with E-state index >= 15 is 0 Å². The maximum atomic E-state index is 12.8. The van der Waals surface area contributed by atoms with E-state index < -0.39 is 10.0 Å². The Morgan fingerprint density at radius 1 is 0.933 bits per heavy atom. The largest absolute Gasteiger partial charge is 0.350 e. The Bertz CT molecular complexity index is 1110. The third kappa shape index (κ3) is 5.70. The lowest BCUT2D eigenvalue weighted by atomic mass is 10.1. The van der Waals surface area contributed by atoms with Crippen molar-refractivity contribution in [3.8, 4) is 0 Å². The van der Waals surface area contributed by atoms with Crippen LogP contribution in [0.3, 0.4) is 0 Å². The van der Waals surface area contributed by atoms with Crippen molar-refractivity contribution in [2.24, 2.45) is 0 Å². The van der Waals surface area contributed by atoms with Crippen LogP contribution in [0.25, 0.3) is 0 Å². The molecule has 0 fully saturated rings. The van der Waals surface area contributed by atoms with Crippen LogP contribution < -0.4 is 10.0 Å². The molecule has 0 saturated carbocycles. The van der Waals surface area contributed by atoms with Crippen molar-refractivity contribution in [1.29, 1.82) is 0 Å². The van der Waals surface area contributed by atoms with E-state index in [1.165, 1.54) is 17.7 Å². The van der Waals surface area contributed by atoms with E-state index in [4.69, 9.17) is 0 Å². The second-order valence-electron chi connectivity index (χ2n) is 7.35. The molecule has 0 bridgehead atoms. The van der Waals surface area contributed by atoms with Gasteiger partial charge in [-0.15, -0.1) is 0 Å². The molecule has 30 heavy (non-hydrogen) atoms. The molecule has 0 radical (unpaired) electrons. The minimum absolute atomic E-state index is 0.0388. The van der Waals surface area contributed by atoms with Gasteiger partial charge in [0.05, 0.1) is 10.6 Å². The molecule has 0 aliphatic rings. The van der Waals surface area contributed by atoms with Gasteiger partial charge in [0.15, 0.2) is 0 Å². The van der Waals surface area contributed by atoms with Crippen molar-refractivity contribution < 1.29 is 13.2 Å². The van der Waals surface area contributed by atoms with Crippen LogP contribution in [0.1, 0.15) is 34.8 Å². The van der Waals surface area contributed by atoms with Crippen molar-refractivity contribution in [1.82, 2.24) is 5.32 Å². The Balaban J connectivity index is 1.66. The van der Waals surface area contributed by atoms with Gasteiger partial charge in [-0.05, 0) is 62.1 Å². The van der Waals surface area contributed by atoms with Crippen LogP contribution in [-0.4, -0.2) is 20.4 Å². The van der Waals surface area contributed by atoms with Gasteiger partial charge in [0, 0.05) is 11.6 Å². The number of aryl methyl sites for hydroxylation is 2. The summed E-state index contributed by atoms with van der Waals surface area (Å²) in [4.78, 5) is 12.7. The summed E-state index contributed by atoms with van der Waals surface area (Å²) < 4.78 is 28.1. The number of rotatable bonds is 8. The van der Waals surface area contributed by atoms with E-state index in [1.807, 2.05) is 44.2 Å². The Labute approximate surface area is 178 Å². The zero-order valence-electron chi connectivity index (χ0n) is 17.1. The highest BCUT2D eigenvalue weighted by molar-refractivity contribution is 7.92. The first-order valence-electron chi connectivity index (χ1n) is 9.88. The maximum Gasteiger partial charge on any atom is 0.261 e. The van der Waals surface area contributed by atoms with Gasteiger partial charge in [0.25, 0.3) is 15.9 Å². The summed E-state index contributed by atoms with van der Waals surface area (Å²) in [5, 5.41) is 2.95. The fourth-order valence-corrected chi connectivity index (χ4v) is 4.28. The first-order valence-corrected chi connectivity index (χ1v) is 11.4. The molecule has 3 aromatic rings. The first-order chi connectivity index (χ1) is 14.3. The SMILES string of the molecule is Cc1ccccc1NS(=O)(=O)c1cccc(C(=O)NC(C)CCc2ccccc2)c1. The van der Waals surface area contributed by atoms with Gasteiger partial charge < -0.3 is 5.32 Å². The molecule has 3 aromatic carbocycles. The maximum absolute atomic E-state index is 12.8. The number of nitrogens with one attached hydrogen (secondary N) is 2. The van der Waals surface area contributed by atoms with Crippen LogP contribution in [0.15, 0.2) is 83.8 Å². The highest BCUT2D eigenvalue weighted by atomic mass is 32.2. The molecule has 0 aromatic heterocycles. The number of carbonyl (C=O) groups excluding carboxylic acids is 1. The standard InChI is InChI=1S/C24H26N2O3S/c1-18-9-6-7-14-23(18)26-30(28,29)22-13-8-12-21(17-22)24(27)25-19(2)15-16-20-10-4-3-5-11-20/h3-14,17,19,26H,15-16H2,1-2H3,(H,25,27). The van der Waals surface area contributed by atoms with Gasteiger partial charge in [0.1, 0.15) is 0 Å². The minimum atomic E-state index is -3.80. The van der Waals surface area contributed by atoms with Crippen LogP contribution in [0.5, 0.6) is 0 Å². The van der Waals surface area contributed by atoms with Crippen molar-refractivity contribution in [2.45, 2.75) is 37.6 Å². The summed E-state index contributed by atoms with van der Waals surface area (Å²) in [7, 11) is -3.80. The minimum Gasteiger partial charge on any atom is -0.350 e.